The number of quaternary nitrogens is 1. The zero-order valence-electron chi connectivity index (χ0n) is 15.9. The molecule has 0 spiro atoms. The van der Waals surface area contributed by atoms with Gasteiger partial charge in [0, 0.05) is 18.4 Å². The lowest BCUT2D eigenvalue weighted by molar-refractivity contribution is -0.957. The minimum absolute atomic E-state index is 0.00807. The van der Waals surface area contributed by atoms with Crippen LogP contribution in [0.25, 0.3) is 5.69 Å². The van der Waals surface area contributed by atoms with E-state index in [1.165, 1.54) is 70.8 Å². The number of amides is 1. The fourth-order valence-corrected chi connectivity index (χ4v) is 4.81. The number of nitrogens with one attached hydrogen (secondary N) is 2. The number of hydrogen-bond acceptors (Lipinski definition) is 4. The van der Waals surface area contributed by atoms with Crippen molar-refractivity contribution in [1.29, 1.82) is 0 Å². The molecule has 1 saturated carbocycles. The predicted octanol–water partition coefficient (Wildman–Crippen LogP) is 1.16. The fourth-order valence-electron chi connectivity index (χ4n) is 4.81. The van der Waals surface area contributed by atoms with Gasteiger partial charge in [0.1, 0.15) is 11.9 Å². The quantitative estimate of drug-likeness (QED) is 0.829. The van der Waals surface area contributed by atoms with Gasteiger partial charge in [-0.1, -0.05) is 12.5 Å². The first-order valence-corrected chi connectivity index (χ1v) is 10.2. The number of tetrazole rings is 1. The van der Waals surface area contributed by atoms with Gasteiger partial charge in [-0.05, 0) is 60.7 Å². The molecule has 1 saturated heterocycles. The lowest BCUT2D eigenvalue weighted by atomic mass is 9.79. The molecule has 2 N–H and O–H groups in total. The van der Waals surface area contributed by atoms with E-state index < -0.39 is 0 Å². The van der Waals surface area contributed by atoms with Gasteiger partial charge in [0.05, 0.1) is 25.3 Å². The summed E-state index contributed by atoms with van der Waals surface area (Å²) in [4.78, 5) is 14.6. The zero-order chi connectivity index (χ0) is 18.5. The SMILES string of the molecule is O=C(NCC1([NH+]2CCCCC2)CCCCC1)c1cccc(-n2cnnn2)c1. The Morgan fingerprint density at radius 3 is 2.63 bits per heavy atom. The van der Waals surface area contributed by atoms with E-state index in [1.807, 2.05) is 24.3 Å². The van der Waals surface area contributed by atoms with Crippen molar-refractivity contribution >= 4 is 5.91 Å². The monoisotopic (exact) mass is 369 g/mol. The van der Waals surface area contributed by atoms with Crippen LogP contribution in [0.15, 0.2) is 30.6 Å². The molecule has 2 heterocycles. The fraction of sp³-hybridized carbons (Fsp3) is 0.600. The highest BCUT2D eigenvalue weighted by Crippen LogP contribution is 2.26. The Kier molecular flexibility index (Phi) is 5.48. The van der Waals surface area contributed by atoms with Gasteiger partial charge in [-0.15, -0.1) is 5.10 Å². The molecule has 0 atom stereocenters. The van der Waals surface area contributed by atoms with Gasteiger partial charge < -0.3 is 10.2 Å². The third-order valence-electron chi connectivity index (χ3n) is 6.33. The van der Waals surface area contributed by atoms with Gasteiger partial charge in [0.25, 0.3) is 5.91 Å². The number of likely N-dealkylation sites (tertiary alicyclic amines) is 1. The van der Waals surface area contributed by atoms with Gasteiger partial charge in [-0.25, -0.2) is 4.68 Å². The summed E-state index contributed by atoms with van der Waals surface area (Å²) in [5.74, 6) is -0.00807. The number of aromatic nitrogens is 4. The maximum Gasteiger partial charge on any atom is 0.251 e. The second-order valence-electron chi connectivity index (χ2n) is 7.99. The largest absolute Gasteiger partial charge is 0.346 e. The summed E-state index contributed by atoms with van der Waals surface area (Å²) in [6, 6.07) is 7.46. The highest BCUT2D eigenvalue weighted by Gasteiger charge is 2.42. The Balaban J connectivity index is 1.46. The summed E-state index contributed by atoms with van der Waals surface area (Å²) < 4.78 is 1.57. The number of piperidine rings is 1. The van der Waals surface area contributed by atoms with Crippen LogP contribution in [-0.4, -0.2) is 51.3 Å². The first kappa shape index (κ1) is 18.1. The molecule has 1 amide bonds. The van der Waals surface area contributed by atoms with E-state index >= 15 is 0 Å². The number of carbonyl (C=O) groups is 1. The third-order valence-corrected chi connectivity index (χ3v) is 6.33. The highest BCUT2D eigenvalue weighted by atomic mass is 16.1. The van der Waals surface area contributed by atoms with Crippen molar-refractivity contribution in [1.82, 2.24) is 25.5 Å². The van der Waals surface area contributed by atoms with Crippen LogP contribution in [-0.2, 0) is 0 Å². The van der Waals surface area contributed by atoms with Crippen LogP contribution in [0.1, 0.15) is 61.7 Å². The van der Waals surface area contributed by atoms with E-state index in [2.05, 4.69) is 20.8 Å². The van der Waals surface area contributed by atoms with Crippen LogP contribution in [0.5, 0.6) is 0 Å². The standard InChI is InChI=1S/C20H28N6O/c27-19(17-8-7-9-18(14-17)26-16-22-23-24-26)21-15-20(10-3-1-4-11-20)25-12-5-2-6-13-25/h7-9,14,16H,1-6,10-13,15H2,(H,21,27)/p+1. The minimum Gasteiger partial charge on any atom is -0.346 e. The van der Waals surface area contributed by atoms with E-state index in [1.54, 1.807) is 9.58 Å². The maximum absolute atomic E-state index is 12.9. The van der Waals surface area contributed by atoms with E-state index in [9.17, 15) is 4.79 Å². The molecule has 27 heavy (non-hydrogen) atoms. The molecule has 1 aromatic carbocycles. The minimum atomic E-state index is -0.00807. The summed E-state index contributed by atoms with van der Waals surface area (Å²) in [6.45, 7) is 3.28. The maximum atomic E-state index is 12.9. The second kappa shape index (κ2) is 8.17. The molecule has 0 unspecified atom stereocenters. The number of carbonyl (C=O) groups excluding carboxylic acids is 1. The summed E-state index contributed by atoms with van der Waals surface area (Å²) in [6.07, 6.45) is 11.9. The van der Waals surface area contributed by atoms with E-state index in [4.69, 9.17) is 0 Å². The Morgan fingerprint density at radius 2 is 1.89 bits per heavy atom. The number of nitrogens with zero attached hydrogens (tertiary/aromatic N) is 4. The molecule has 2 fully saturated rings. The molecule has 2 aromatic rings. The molecular weight excluding hydrogens is 340 g/mol. The van der Waals surface area contributed by atoms with Gasteiger partial charge in [-0.3, -0.25) is 4.79 Å². The molecule has 4 rings (SSSR count). The van der Waals surface area contributed by atoms with Crippen molar-refractivity contribution in [3.05, 3.63) is 36.2 Å². The first-order chi connectivity index (χ1) is 13.3. The molecule has 0 radical (unpaired) electrons. The van der Waals surface area contributed by atoms with Crippen LogP contribution in [0.4, 0.5) is 0 Å². The molecular formula is C20H29N6O+. The van der Waals surface area contributed by atoms with Crippen LogP contribution in [0, 0.1) is 0 Å². The normalized spacial score (nSPS) is 20.3. The summed E-state index contributed by atoms with van der Waals surface area (Å²) >= 11 is 0. The molecule has 1 aliphatic heterocycles. The van der Waals surface area contributed by atoms with Crippen molar-refractivity contribution in [2.45, 2.75) is 56.9 Å². The van der Waals surface area contributed by atoms with Crippen LogP contribution < -0.4 is 10.2 Å². The Morgan fingerprint density at radius 1 is 1.11 bits per heavy atom. The third kappa shape index (κ3) is 4.03. The van der Waals surface area contributed by atoms with Crippen molar-refractivity contribution < 1.29 is 9.69 Å². The smallest absolute Gasteiger partial charge is 0.251 e. The predicted molar refractivity (Wildman–Crippen MR) is 102 cm³/mol. The van der Waals surface area contributed by atoms with Gasteiger partial charge >= 0.3 is 0 Å². The van der Waals surface area contributed by atoms with Crippen LogP contribution in [0.2, 0.25) is 0 Å². The number of benzene rings is 1. The average molecular weight is 369 g/mol. The first-order valence-electron chi connectivity index (χ1n) is 10.2. The van der Waals surface area contributed by atoms with Crippen LogP contribution >= 0.6 is 0 Å². The molecule has 144 valence electrons. The van der Waals surface area contributed by atoms with Gasteiger partial charge in [-0.2, -0.15) is 0 Å². The molecule has 2 aliphatic rings. The van der Waals surface area contributed by atoms with E-state index in [0.717, 1.165) is 12.2 Å². The number of rotatable bonds is 5. The number of hydrogen-bond donors (Lipinski definition) is 2. The van der Waals surface area contributed by atoms with Gasteiger partial charge in [0.15, 0.2) is 0 Å². The van der Waals surface area contributed by atoms with Gasteiger partial charge in [0.2, 0.25) is 0 Å². The topological polar surface area (TPSA) is 77.1 Å². The lowest BCUT2D eigenvalue weighted by Crippen LogP contribution is -3.22. The average Bonchev–Trinajstić information content (AvgIpc) is 3.28. The van der Waals surface area contributed by atoms with Crippen LogP contribution in [0.3, 0.4) is 0 Å². The summed E-state index contributed by atoms with van der Waals surface area (Å²) in [7, 11) is 0. The zero-order valence-corrected chi connectivity index (χ0v) is 15.9. The van der Waals surface area contributed by atoms with Crippen molar-refractivity contribution in [2.24, 2.45) is 0 Å². The van der Waals surface area contributed by atoms with E-state index in [-0.39, 0.29) is 11.4 Å². The van der Waals surface area contributed by atoms with Crippen molar-refractivity contribution in [3.8, 4) is 5.69 Å². The van der Waals surface area contributed by atoms with Crippen molar-refractivity contribution in [2.75, 3.05) is 19.6 Å². The molecule has 7 heteroatoms. The van der Waals surface area contributed by atoms with Crippen molar-refractivity contribution in [3.63, 3.8) is 0 Å². The molecule has 1 aromatic heterocycles. The Labute approximate surface area is 160 Å². The summed E-state index contributed by atoms with van der Waals surface area (Å²) in [5.41, 5.74) is 1.67. The van der Waals surface area contributed by atoms with E-state index in [0.29, 0.717) is 5.56 Å². The Hall–Kier alpha value is -2.28. The summed E-state index contributed by atoms with van der Waals surface area (Å²) in [5, 5.41) is 14.5. The lowest BCUT2D eigenvalue weighted by Gasteiger charge is -2.45. The molecule has 7 nitrogen and oxygen atoms in total. The molecule has 1 aliphatic carbocycles. The highest BCUT2D eigenvalue weighted by molar-refractivity contribution is 5.94. The second-order valence-corrected chi connectivity index (χ2v) is 7.99. The molecule has 0 bridgehead atoms. The Bertz CT molecular complexity index is 748.